The third-order valence-electron chi connectivity index (χ3n) is 5.01. The van der Waals surface area contributed by atoms with Crippen molar-refractivity contribution in [3.05, 3.63) is 41.2 Å². The lowest BCUT2D eigenvalue weighted by Crippen LogP contribution is -2.57. The van der Waals surface area contributed by atoms with Gasteiger partial charge < -0.3 is 9.80 Å². The van der Waals surface area contributed by atoms with Crippen molar-refractivity contribution in [1.29, 1.82) is 0 Å². The molecule has 0 aliphatic carbocycles. The molecule has 27 heavy (non-hydrogen) atoms. The van der Waals surface area contributed by atoms with E-state index >= 15 is 0 Å². The van der Waals surface area contributed by atoms with Gasteiger partial charge in [-0.05, 0) is 33.3 Å². The molecule has 1 atom stereocenters. The Morgan fingerprint density at radius 1 is 1.30 bits per heavy atom. The van der Waals surface area contributed by atoms with Crippen molar-refractivity contribution in [1.82, 2.24) is 14.3 Å². The van der Waals surface area contributed by atoms with Crippen molar-refractivity contribution in [3.8, 4) is 0 Å². The molecule has 1 unspecified atom stereocenters. The van der Waals surface area contributed by atoms with E-state index in [1.165, 1.54) is 22.7 Å². The highest BCUT2D eigenvalue weighted by molar-refractivity contribution is 7.09. The summed E-state index contributed by atoms with van der Waals surface area (Å²) in [6.45, 7) is 10.2. The van der Waals surface area contributed by atoms with Crippen molar-refractivity contribution >= 4 is 34.2 Å². The molecule has 0 N–H and O–H groups in total. The molecule has 7 heteroatoms. The Hall–Kier alpha value is -1.66. The SMILES string of the molecule is Cc1ccc(Cc2nsc(N3CCN(C(=O)C(C)(C)CCl)C(C)C3)n2)cc1. The van der Waals surface area contributed by atoms with Crippen molar-refractivity contribution in [3.63, 3.8) is 0 Å². The predicted octanol–water partition coefficient (Wildman–Crippen LogP) is 3.74. The van der Waals surface area contributed by atoms with E-state index in [1.807, 2.05) is 18.7 Å². The zero-order valence-corrected chi connectivity index (χ0v) is 18.0. The Kier molecular flexibility index (Phi) is 6.06. The highest BCUT2D eigenvalue weighted by Gasteiger charge is 2.36. The summed E-state index contributed by atoms with van der Waals surface area (Å²) in [4.78, 5) is 21.6. The number of piperazine rings is 1. The monoisotopic (exact) mass is 406 g/mol. The zero-order chi connectivity index (χ0) is 19.6. The molecule has 0 spiro atoms. The van der Waals surface area contributed by atoms with E-state index in [2.05, 4.69) is 47.4 Å². The first-order chi connectivity index (χ1) is 12.8. The number of alkyl halides is 1. The molecule has 146 valence electrons. The number of carbonyl (C=O) groups excluding carboxylic acids is 1. The van der Waals surface area contributed by atoms with Gasteiger partial charge in [0.15, 0.2) is 0 Å². The van der Waals surface area contributed by atoms with E-state index in [1.54, 1.807) is 0 Å². The van der Waals surface area contributed by atoms with E-state index in [0.717, 1.165) is 30.5 Å². The average molecular weight is 407 g/mol. The molecule has 2 heterocycles. The number of hydrogen-bond acceptors (Lipinski definition) is 5. The third-order valence-corrected chi connectivity index (χ3v) is 6.50. The van der Waals surface area contributed by atoms with Gasteiger partial charge in [-0.1, -0.05) is 29.8 Å². The van der Waals surface area contributed by atoms with Gasteiger partial charge in [-0.2, -0.15) is 4.37 Å². The second kappa shape index (κ2) is 8.15. The minimum Gasteiger partial charge on any atom is -0.343 e. The molecule has 1 aliphatic rings. The fourth-order valence-corrected chi connectivity index (χ4v) is 4.05. The van der Waals surface area contributed by atoms with Crippen LogP contribution in [0.4, 0.5) is 5.13 Å². The normalized spacial score (nSPS) is 18.0. The molecule has 1 aromatic carbocycles. The molecule has 1 fully saturated rings. The Morgan fingerprint density at radius 3 is 2.63 bits per heavy atom. The van der Waals surface area contributed by atoms with E-state index in [-0.39, 0.29) is 11.9 Å². The zero-order valence-electron chi connectivity index (χ0n) is 16.4. The van der Waals surface area contributed by atoms with Gasteiger partial charge in [0, 0.05) is 49.5 Å². The lowest BCUT2D eigenvalue weighted by Gasteiger charge is -2.42. The molecule has 2 aromatic rings. The van der Waals surface area contributed by atoms with Gasteiger partial charge in [-0.3, -0.25) is 4.79 Å². The fourth-order valence-electron chi connectivity index (χ4n) is 3.21. The van der Waals surface area contributed by atoms with Crippen LogP contribution in [0.2, 0.25) is 0 Å². The molecule has 5 nitrogen and oxygen atoms in total. The van der Waals surface area contributed by atoms with Gasteiger partial charge in [-0.15, -0.1) is 11.6 Å². The number of nitrogens with zero attached hydrogens (tertiary/aromatic N) is 4. The van der Waals surface area contributed by atoms with E-state index < -0.39 is 5.41 Å². The summed E-state index contributed by atoms with van der Waals surface area (Å²) in [7, 11) is 0. The summed E-state index contributed by atoms with van der Waals surface area (Å²) < 4.78 is 4.53. The molecule has 0 saturated carbocycles. The molecule has 1 aromatic heterocycles. The van der Waals surface area contributed by atoms with Gasteiger partial charge in [-0.25, -0.2) is 4.98 Å². The first-order valence-corrected chi connectivity index (χ1v) is 10.6. The highest BCUT2D eigenvalue weighted by Crippen LogP contribution is 2.26. The molecular weight excluding hydrogens is 380 g/mol. The van der Waals surface area contributed by atoms with Crippen LogP contribution in [-0.2, 0) is 11.2 Å². The number of amides is 1. The maximum absolute atomic E-state index is 12.7. The predicted molar refractivity (Wildman–Crippen MR) is 112 cm³/mol. The summed E-state index contributed by atoms with van der Waals surface area (Å²) in [6, 6.07) is 8.60. The molecular formula is C20H27ClN4OS. The minimum atomic E-state index is -0.526. The minimum absolute atomic E-state index is 0.123. The number of benzene rings is 1. The third kappa shape index (κ3) is 4.61. The van der Waals surface area contributed by atoms with E-state index in [4.69, 9.17) is 16.6 Å². The van der Waals surface area contributed by atoms with Crippen molar-refractivity contribution < 1.29 is 4.79 Å². The quantitative estimate of drug-likeness (QED) is 0.709. The number of rotatable bonds is 5. The van der Waals surface area contributed by atoms with E-state index in [9.17, 15) is 4.79 Å². The topological polar surface area (TPSA) is 49.3 Å². The van der Waals surface area contributed by atoms with Crippen LogP contribution >= 0.6 is 23.1 Å². The van der Waals surface area contributed by atoms with Crippen LogP contribution < -0.4 is 4.90 Å². The standard InChI is InChI=1S/C20H27ClN4OS/c1-14-5-7-16(8-6-14)11-17-22-19(27-23-17)24-9-10-25(15(2)12-24)18(26)20(3,4)13-21/h5-8,15H,9-13H2,1-4H3. The van der Waals surface area contributed by atoms with Crippen LogP contribution in [0.15, 0.2) is 24.3 Å². The maximum Gasteiger partial charge on any atom is 0.229 e. The molecule has 1 amide bonds. The summed E-state index contributed by atoms with van der Waals surface area (Å²) >= 11 is 7.42. The summed E-state index contributed by atoms with van der Waals surface area (Å²) in [6.07, 6.45) is 0.745. The largest absolute Gasteiger partial charge is 0.343 e. The van der Waals surface area contributed by atoms with Crippen LogP contribution in [0.3, 0.4) is 0 Å². The first-order valence-electron chi connectivity index (χ1n) is 9.30. The van der Waals surface area contributed by atoms with Crippen LogP contribution in [0, 0.1) is 12.3 Å². The van der Waals surface area contributed by atoms with Crippen LogP contribution in [0.5, 0.6) is 0 Å². The first kappa shape index (κ1) is 20.1. The Morgan fingerprint density at radius 2 is 2.00 bits per heavy atom. The Labute approximate surface area is 170 Å². The number of anilines is 1. The lowest BCUT2D eigenvalue weighted by atomic mass is 9.93. The Bertz CT molecular complexity index is 790. The molecule has 0 bridgehead atoms. The maximum atomic E-state index is 12.7. The molecule has 1 aliphatic heterocycles. The van der Waals surface area contributed by atoms with Crippen LogP contribution in [0.25, 0.3) is 0 Å². The molecule has 0 radical (unpaired) electrons. The van der Waals surface area contributed by atoms with Crippen molar-refractivity contribution in [2.45, 2.75) is 40.2 Å². The average Bonchev–Trinajstić information content (AvgIpc) is 3.11. The number of carbonyl (C=O) groups is 1. The van der Waals surface area contributed by atoms with E-state index in [0.29, 0.717) is 12.4 Å². The summed E-state index contributed by atoms with van der Waals surface area (Å²) in [5, 5.41) is 0.938. The fraction of sp³-hybridized carbons (Fsp3) is 0.550. The van der Waals surface area contributed by atoms with Gasteiger partial charge in [0.25, 0.3) is 0 Å². The molecule has 1 saturated heterocycles. The van der Waals surface area contributed by atoms with Crippen LogP contribution in [-0.4, -0.2) is 51.7 Å². The van der Waals surface area contributed by atoms with Gasteiger partial charge >= 0.3 is 0 Å². The number of aryl methyl sites for hydroxylation is 1. The number of halogens is 1. The second-order valence-corrected chi connectivity index (χ2v) is 8.96. The lowest BCUT2D eigenvalue weighted by molar-refractivity contribution is -0.141. The smallest absolute Gasteiger partial charge is 0.229 e. The van der Waals surface area contributed by atoms with Gasteiger partial charge in [0.2, 0.25) is 11.0 Å². The summed E-state index contributed by atoms with van der Waals surface area (Å²) in [5.41, 5.74) is 1.95. The second-order valence-electron chi connectivity index (χ2n) is 7.97. The van der Waals surface area contributed by atoms with Crippen LogP contribution in [0.1, 0.15) is 37.7 Å². The van der Waals surface area contributed by atoms with Crippen molar-refractivity contribution in [2.24, 2.45) is 5.41 Å². The van der Waals surface area contributed by atoms with Gasteiger partial charge in [0.1, 0.15) is 5.82 Å². The summed E-state index contributed by atoms with van der Waals surface area (Å²) in [5.74, 6) is 1.31. The number of hydrogen-bond donors (Lipinski definition) is 0. The van der Waals surface area contributed by atoms with Crippen molar-refractivity contribution in [2.75, 3.05) is 30.4 Å². The highest BCUT2D eigenvalue weighted by atomic mass is 35.5. The Balaban J connectivity index is 1.63. The molecule has 3 rings (SSSR count). The van der Waals surface area contributed by atoms with Gasteiger partial charge in [0.05, 0.1) is 5.41 Å². The number of aromatic nitrogens is 2.